The number of furan rings is 1. The van der Waals surface area contributed by atoms with Crippen LogP contribution in [0.2, 0.25) is 0 Å². The lowest BCUT2D eigenvalue weighted by Crippen LogP contribution is -2.45. The van der Waals surface area contributed by atoms with Gasteiger partial charge in [0.15, 0.2) is 5.76 Å². The monoisotopic (exact) mass is 286 g/mol. The number of hydrogen-bond acceptors (Lipinski definition) is 3. The molecule has 1 aromatic heterocycles. The molecule has 1 aliphatic carbocycles. The van der Waals surface area contributed by atoms with E-state index in [2.05, 4.69) is 5.32 Å². The van der Waals surface area contributed by atoms with Crippen LogP contribution in [0.4, 0.5) is 0 Å². The molecule has 1 aromatic rings. The second kappa shape index (κ2) is 7.56. The van der Waals surface area contributed by atoms with Gasteiger partial charge in [-0.15, -0.1) is 12.4 Å². The number of halogens is 1. The maximum atomic E-state index is 12.1. The van der Waals surface area contributed by atoms with Crippen LogP contribution < -0.4 is 11.1 Å². The number of aryl methyl sites for hydroxylation is 1. The molecule has 1 unspecified atom stereocenters. The predicted octanol–water partition coefficient (Wildman–Crippen LogP) is 2.65. The zero-order chi connectivity index (χ0) is 13.0. The molecule has 5 heteroatoms. The smallest absolute Gasteiger partial charge is 0.287 e. The van der Waals surface area contributed by atoms with E-state index in [4.69, 9.17) is 10.2 Å². The summed E-state index contributed by atoms with van der Waals surface area (Å²) in [5.41, 5.74) is 6.67. The summed E-state index contributed by atoms with van der Waals surface area (Å²) in [6.45, 7) is 2.37. The molecule has 1 aliphatic rings. The third kappa shape index (κ3) is 3.98. The van der Waals surface area contributed by atoms with E-state index < -0.39 is 0 Å². The van der Waals surface area contributed by atoms with Crippen molar-refractivity contribution in [3.8, 4) is 0 Å². The molecule has 1 atom stereocenters. The van der Waals surface area contributed by atoms with Crippen molar-refractivity contribution in [2.24, 2.45) is 11.7 Å². The van der Waals surface area contributed by atoms with Crippen molar-refractivity contribution < 1.29 is 9.21 Å². The molecule has 0 aromatic carbocycles. The first-order valence-electron chi connectivity index (χ1n) is 6.77. The van der Waals surface area contributed by atoms with Crippen molar-refractivity contribution >= 4 is 18.3 Å². The summed E-state index contributed by atoms with van der Waals surface area (Å²) in [5.74, 6) is 0.783. The molecule has 3 N–H and O–H groups in total. The Kier molecular flexibility index (Phi) is 6.38. The summed E-state index contributed by atoms with van der Waals surface area (Å²) >= 11 is 0. The molecule has 1 amide bonds. The molecule has 1 fully saturated rings. The summed E-state index contributed by atoms with van der Waals surface area (Å²) in [6, 6.07) is 1.87. The Balaban J connectivity index is 0.00000180. The number of amides is 1. The summed E-state index contributed by atoms with van der Waals surface area (Å²) in [6.07, 6.45) is 7.67. The molecule has 0 aliphatic heterocycles. The second-order valence-electron chi connectivity index (χ2n) is 5.15. The predicted molar refractivity (Wildman–Crippen MR) is 77.6 cm³/mol. The van der Waals surface area contributed by atoms with Crippen LogP contribution in [0.1, 0.15) is 48.2 Å². The highest BCUT2D eigenvalue weighted by Crippen LogP contribution is 2.26. The Morgan fingerprint density at radius 1 is 1.47 bits per heavy atom. The minimum Gasteiger partial charge on any atom is -0.459 e. The van der Waals surface area contributed by atoms with E-state index in [0.29, 0.717) is 18.2 Å². The van der Waals surface area contributed by atoms with Gasteiger partial charge in [-0.25, -0.2) is 0 Å². The Hall–Kier alpha value is -1.00. The van der Waals surface area contributed by atoms with Gasteiger partial charge in [-0.2, -0.15) is 0 Å². The fourth-order valence-corrected chi connectivity index (χ4v) is 2.75. The minimum absolute atomic E-state index is 0. The van der Waals surface area contributed by atoms with E-state index in [0.717, 1.165) is 5.56 Å². The summed E-state index contributed by atoms with van der Waals surface area (Å²) < 4.78 is 5.21. The first kappa shape index (κ1) is 16.1. The fourth-order valence-electron chi connectivity index (χ4n) is 2.75. The van der Waals surface area contributed by atoms with Gasteiger partial charge in [-0.1, -0.05) is 19.3 Å². The van der Waals surface area contributed by atoms with Gasteiger partial charge in [0.1, 0.15) is 0 Å². The highest BCUT2D eigenvalue weighted by atomic mass is 35.5. The Bertz CT molecular complexity index is 400. The van der Waals surface area contributed by atoms with Crippen LogP contribution in [-0.4, -0.2) is 18.5 Å². The van der Waals surface area contributed by atoms with E-state index in [1.54, 1.807) is 12.3 Å². The number of nitrogens with one attached hydrogen (secondary N) is 1. The topological polar surface area (TPSA) is 68.3 Å². The van der Waals surface area contributed by atoms with Crippen LogP contribution in [0, 0.1) is 12.8 Å². The van der Waals surface area contributed by atoms with Crippen molar-refractivity contribution in [2.75, 3.05) is 6.54 Å². The fraction of sp³-hybridized carbons (Fsp3) is 0.643. The van der Waals surface area contributed by atoms with Crippen LogP contribution in [0.15, 0.2) is 16.7 Å². The number of hydrogen-bond donors (Lipinski definition) is 2. The lowest BCUT2D eigenvalue weighted by atomic mass is 9.84. The molecule has 1 saturated carbocycles. The normalized spacial score (nSPS) is 17.6. The van der Waals surface area contributed by atoms with Crippen molar-refractivity contribution in [3.05, 3.63) is 23.7 Å². The molecular formula is C14H23ClN2O2. The largest absolute Gasteiger partial charge is 0.459 e. The van der Waals surface area contributed by atoms with Gasteiger partial charge in [0.05, 0.1) is 6.26 Å². The third-order valence-corrected chi connectivity index (χ3v) is 3.86. The van der Waals surface area contributed by atoms with Crippen LogP contribution in [0.3, 0.4) is 0 Å². The zero-order valence-corrected chi connectivity index (χ0v) is 12.2. The molecule has 4 nitrogen and oxygen atoms in total. The Morgan fingerprint density at radius 2 is 2.16 bits per heavy atom. The summed E-state index contributed by atoms with van der Waals surface area (Å²) in [5, 5.41) is 3.02. The number of carbonyl (C=O) groups is 1. The zero-order valence-electron chi connectivity index (χ0n) is 11.4. The standard InChI is InChI=1S/C14H22N2O2.ClH/c1-10-7-8-18-13(10)14(17)16-12(9-15)11-5-3-2-4-6-11;/h7-8,11-12H,2-6,9,15H2,1H3,(H,16,17);1H. The van der Waals surface area contributed by atoms with Gasteiger partial charge in [0, 0.05) is 18.2 Å². The molecular weight excluding hydrogens is 264 g/mol. The molecule has 1 heterocycles. The van der Waals surface area contributed by atoms with Crippen LogP contribution in [0.5, 0.6) is 0 Å². The summed E-state index contributed by atoms with van der Waals surface area (Å²) in [7, 11) is 0. The molecule has 0 bridgehead atoms. The van der Waals surface area contributed by atoms with E-state index >= 15 is 0 Å². The Labute approximate surface area is 120 Å². The van der Waals surface area contributed by atoms with E-state index in [9.17, 15) is 4.79 Å². The van der Waals surface area contributed by atoms with Crippen molar-refractivity contribution in [2.45, 2.75) is 45.1 Å². The van der Waals surface area contributed by atoms with E-state index in [-0.39, 0.29) is 24.4 Å². The molecule has 0 saturated heterocycles. The van der Waals surface area contributed by atoms with E-state index in [1.165, 1.54) is 32.1 Å². The summed E-state index contributed by atoms with van der Waals surface area (Å²) in [4.78, 5) is 12.1. The van der Waals surface area contributed by atoms with Crippen molar-refractivity contribution in [1.82, 2.24) is 5.32 Å². The van der Waals surface area contributed by atoms with Gasteiger partial charge in [0.2, 0.25) is 0 Å². The number of nitrogens with two attached hydrogens (primary N) is 1. The number of rotatable bonds is 4. The van der Waals surface area contributed by atoms with Crippen LogP contribution in [-0.2, 0) is 0 Å². The lowest BCUT2D eigenvalue weighted by Gasteiger charge is -2.29. The van der Waals surface area contributed by atoms with E-state index in [1.807, 2.05) is 6.92 Å². The highest BCUT2D eigenvalue weighted by Gasteiger charge is 2.25. The number of carbonyl (C=O) groups excluding carboxylic acids is 1. The SMILES string of the molecule is Cc1ccoc1C(=O)NC(CN)C1CCCCC1.Cl. The van der Waals surface area contributed by atoms with Crippen molar-refractivity contribution in [3.63, 3.8) is 0 Å². The highest BCUT2D eigenvalue weighted by molar-refractivity contribution is 5.93. The molecule has 0 radical (unpaired) electrons. The first-order valence-corrected chi connectivity index (χ1v) is 6.77. The maximum Gasteiger partial charge on any atom is 0.287 e. The Morgan fingerprint density at radius 3 is 2.68 bits per heavy atom. The lowest BCUT2D eigenvalue weighted by molar-refractivity contribution is 0.0886. The first-order chi connectivity index (χ1) is 8.72. The van der Waals surface area contributed by atoms with Gasteiger partial charge < -0.3 is 15.5 Å². The maximum absolute atomic E-state index is 12.1. The molecule has 19 heavy (non-hydrogen) atoms. The molecule has 108 valence electrons. The van der Waals surface area contributed by atoms with Gasteiger partial charge >= 0.3 is 0 Å². The second-order valence-corrected chi connectivity index (χ2v) is 5.15. The van der Waals surface area contributed by atoms with Gasteiger partial charge in [0.25, 0.3) is 5.91 Å². The van der Waals surface area contributed by atoms with Crippen LogP contribution in [0.25, 0.3) is 0 Å². The minimum atomic E-state index is -0.140. The van der Waals surface area contributed by atoms with Crippen molar-refractivity contribution in [1.29, 1.82) is 0 Å². The van der Waals surface area contributed by atoms with Gasteiger partial charge in [-0.3, -0.25) is 4.79 Å². The van der Waals surface area contributed by atoms with Crippen LogP contribution >= 0.6 is 12.4 Å². The average Bonchev–Trinajstić information content (AvgIpc) is 2.83. The average molecular weight is 287 g/mol. The molecule has 2 rings (SSSR count). The quantitative estimate of drug-likeness (QED) is 0.894. The molecule has 0 spiro atoms. The van der Waals surface area contributed by atoms with Gasteiger partial charge in [-0.05, 0) is 31.7 Å². The third-order valence-electron chi connectivity index (χ3n) is 3.86.